The van der Waals surface area contributed by atoms with Gasteiger partial charge in [-0.2, -0.15) is 0 Å². The van der Waals surface area contributed by atoms with Gasteiger partial charge in [0.2, 0.25) is 0 Å². The Balaban J connectivity index is 1.48. The number of carbonyl (C=O) groups is 2. The highest BCUT2D eigenvalue weighted by atomic mass is 19.1. The highest BCUT2D eigenvalue weighted by Crippen LogP contribution is 2.37. The van der Waals surface area contributed by atoms with Crippen molar-refractivity contribution in [2.24, 2.45) is 11.8 Å². The number of rotatable bonds is 14. The first-order valence-electron chi connectivity index (χ1n) is 14.7. The minimum atomic E-state index is -0.858. The molecule has 0 bridgehead atoms. The molecule has 41 heavy (non-hydrogen) atoms. The molecule has 0 spiro atoms. The van der Waals surface area contributed by atoms with Crippen LogP contribution in [0.15, 0.2) is 54.3 Å². The van der Waals surface area contributed by atoms with Gasteiger partial charge in [0.1, 0.15) is 30.1 Å². The van der Waals surface area contributed by atoms with E-state index in [9.17, 15) is 14.0 Å². The van der Waals surface area contributed by atoms with Crippen LogP contribution in [0.1, 0.15) is 64.2 Å². The third kappa shape index (κ3) is 10.5. The van der Waals surface area contributed by atoms with Crippen LogP contribution < -0.4 is 4.74 Å². The Labute approximate surface area is 241 Å². The summed E-state index contributed by atoms with van der Waals surface area (Å²) in [6, 6.07) is 5.84. The molecule has 1 N–H and O–H groups in total. The van der Waals surface area contributed by atoms with Crippen LogP contribution in [0.4, 0.5) is 4.39 Å². The average Bonchev–Trinajstić information content (AvgIpc) is 3.27. The number of carboxylic acid groups (broad SMARTS) is 1. The van der Waals surface area contributed by atoms with Crippen molar-refractivity contribution >= 4 is 11.8 Å². The zero-order valence-corrected chi connectivity index (χ0v) is 23.5. The molecule has 0 amide bonds. The van der Waals surface area contributed by atoms with Crippen LogP contribution >= 0.6 is 0 Å². The van der Waals surface area contributed by atoms with Gasteiger partial charge in [-0.15, -0.1) is 5.73 Å². The second-order valence-corrected chi connectivity index (χ2v) is 10.7. The number of carboxylic acids is 1. The number of Topliss-reactive ketones (excluding diaryl/α,β-unsaturated/α-hetero) is 1. The molecular weight excluding hydrogens is 531 g/mol. The number of benzene rings is 1. The van der Waals surface area contributed by atoms with Crippen LogP contribution in [-0.4, -0.2) is 61.5 Å². The third-order valence-corrected chi connectivity index (χ3v) is 7.52. The van der Waals surface area contributed by atoms with Gasteiger partial charge in [-0.05, 0) is 87.8 Å². The predicted octanol–water partition coefficient (Wildman–Crippen LogP) is 5.76. The van der Waals surface area contributed by atoms with Crippen molar-refractivity contribution in [3.05, 3.63) is 60.1 Å². The fourth-order valence-corrected chi connectivity index (χ4v) is 5.33. The number of aliphatic carboxylic acids is 1. The van der Waals surface area contributed by atoms with Gasteiger partial charge < -0.3 is 28.8 Å². The van der Waals surface area contributed by atoms with Gasteiger partial charge in [-0.3, -0.25) is 9.59 Å². The lowest BCUT2D eigenvalue weighted by atomic mass is 9.90. The highest BCUT2D eigenvalue weighted by molar-refractivity contribution is 5.85. The molecular formula is C32H41FO8. The van der Waals surface area contributed by atoms with Crippen LogP contribution in [0.3, 0.4) is 0 Å². The van der Waals surface area contributed by atoms with Crippen LogP contribution in [0.25, 0.3) is 0 Å². The summed E-state index contributed by atoms with van der Waals surface area (Å²) in [6.45, 7) is 1.48. The maximum Gasteiger partial charge on any atom is 0.303 e. The number of ether oxygens (including phenoxy) is 5. The molecule has 6 atom stereocenters. The monoisotopic (exact) mass is 572 g/mol. The van der Waals surface area contributed by atoms with Crippen molar-refractivity contribution in [1.82, 2.24) is 0 Å². The van der Waals surface area contributed by atoms with E-state index in [1.165, 1.54) is 12.1 Å². The van der Waals surface area contributed by atoms with Crippen LogP contribution in [0.5, 0.6) is 5.75 Å². The Morgan fingerprint density at radius 2 is 1.80 bits per heavy atom. The number of allylic oxidation sites excluding steroid dienone is 1. The largest absolute Gasteiger partial charge is 0.491 e. The minimum absolute atomic E-state index is 0.0396. The van der Waals surface area contributed by atoms with Crippen molar-refractivity contribution in [3.63, 3.8) is 0 Å². The molecule has 3 fully saturated rings. The van der Waals surface area contributed by atoms with Gasteiger partial charge in [0.15, 0.2) is 12.6 Å². The fraction of sp³-hybridized carbons (Fsp3) is 0.594. The number of hydrogen-bond donors (Lipinski definition) is 1. The number of halogens is 1. The van der Waals surface area contributed by atoms with Crippen molar-refractivity contribution in [1.29, 1.82) is 0 Å². The molecule has 2 aliphatic heterocycles. The van der Waals surface area contributed by atoms with Crippen molar-refractivity contribution in [3.8, 4) is 5.75 Å². The Morgan fingerprint density at radius 3 is 2.49 bits per heavy atom. The lowest BCUT2D eigenvalue weighted by Gasteiger charge is -2.29. The predicted molar refractivity (Wildman–Crippen MR) is 149 cm³/mol. The van der Waals surface area contributed by atoms with Crippen molar-refractivity contribution in [2.75, 3.05) is 19.8 Å². The molecule has 1 saturated carbocycles. The molecule has 2 saturated heterocycles. The summed E-state index contributed by atoms with van der Waals surface area (Å²) in [6.07, 6.45) is 12.7. The van der Waals surface area contributed by atoms with E-state index in [4.69, 9.17) is 28.8 Å². The summed E-state index contributed by atoms with van der Waals surface area (Å²) >= 11 is 0. The number of carbonyl (C=O) groups excluding carboxylic acids is 1. The first-order chi connectivity index (χ1) is 20.0. The van der Waals surface area contributed by atoms with Crippen LogP contribution in [0, 0.1) is 17.7 Å². The van der Waals surface area contributed by atoms with Gasteiger partial charge in [0, 0.05) is 37.9 Å². The van der Waals surface area contributed by atoms with E-state index in [1.807, 2.05) is 12.2 Å². The fourth-order valence-electron chi connectivity index (χ4n) is 5.33. The van der Waals surface area contributed by atoms with Crippen LogP contribution in [-0.2, 0) is 28.5 Å². The maximum absolute atomic E-state index is 13.4. The van der Waals surface area contributed by atoms with Crippen molar-refractivity contribution < 1.29 is 42.8 Å². The molecule has 0 aromatic heterocycles. The molecule has 0 radical (unpaired) electrons. The Morgan fingerprint density at radius 1 is 1.07 bits per heavy atom. The average molecular weight is 573 g/mol. The molecule has 4 rings (SSSR count). The smallest absolute Gasteiger partial charge is 0.303 e. The molecule has 4 unspecified atom stereocenters. The Hall–Kier alpha value is -2.81. The molecule has 9 heteroatoms. The Kier molecular flexibility index (Phi) is 12.6. The normalized spacial score (nSPS) is 27.3. The summed E-state index contributed by atoms with van der Waals surface area (Å²) in [5, 5.41) is 8.82. The van der Waals surface area contributed by atoms with Gasteiger partial charge in [0.25, 0.3) is 0 Å². The summed E-state index contributed by atoms with van der Waals surface area (Å²) in [5.74, 6) is -1.08. The van der Waals surface area contributed by atoms with Crippen molar-refractivity contribution in [2.45, 2.75) is 89.0 Å². The Bertz CT molecular complexity index is 1050. The summed E-state index contributed by atoms with van der Waals surface area (Å²) in [4.78, 5) is 23.9. The van der Waals surface area contributed by atoms with E-state index in [2.05, 4.69) is 5.73 Å². The third-order valence-electron chi connectivity index (χ3n) is 7.52. The van der Waals surface area contributed by atoms with E-state index in [0.29, 0.717) is 38.2 Å². The quantitative estimate of drug-likeness (QED) is 0.222. The van der Waals surface area contributed by atoms with Gasteiger partial charge in [-0.25, -0.2) is 4.39 Å². The zero-order valence-electron chi connectivity index (χ0n) is 23.5. The first kappa shape index (κ1) is 31.1. The minimum Gasteiger partial charge on any atom is -0.491 e. The van der Waals surface area contributed by atoms with E-state index >= 15 is 0 Å². The van der Waals surface area contributed by atoms with E-state index < -0.39 is 12.1 Å². The van der Waals surface area contributed by atoms with E-state index in [1.54, 1.807) is 24.3 Å². The highest BCUT2D eigenvalue weighted by Gasteiger charge is 2.42. The summed E-state index contributed by atoms with van der Waals surface area (Å²) < 4.78 is 43.5. The van der Waals surface area contributed by atoms with Crippen LogP contribution in [0.2, 0.25) is 0 Å². The summed E-state index contributed by atoms with van der Waals surface area (Å²) in [7, 11) is 0. The topological polar surface area (TPSA) is 101 Å². The molecule has 1 aromatic carbocycles. The molecule has 1 aliphatic carbocycles. The van der Waals surface area contributed by atoms with Gasteiger partial charge in [-0.1, -0.05) is 12.2 Å². The second kappa shape index (κ2) is 16.6. The molecule has 3 aliphatic rings. The molecule has 2 heterocycles. The summed E-state index contributed by atoms with van der Waals surface area (Å²) in [5.41, 5.74) is 3.02. The van der Waals surface area contributed by atoms with E-state index in [-0.39, 0.29) is 55.1 Å². The standard InChI is InChI=1S/C32H41FO8/c33-23-13-15-24(16-14-23)39-22-25(40-31-11-5-7-19-37-31)17-18-27-26(9-3-1-2-4-10-30(35)36)28(34)21-29(27)41-32-12-6-8-20-38-32/h2-3,13-18,25-27,29,31-32H,4-12,19-22H2,(H,35,36)/b18-17+/t1?,25?,26-,27-,29?,31?,32?/m1/s1. The maximum atomic E-state index is 13.4. The zero-order chi connectivity index (χ0) is 28.9. The van der Waals surface area contributed by atoms with Gasteiger partial charge in [0.05, 0.1) is 6.10 Å². The number of hydrogen-bond acceptors (Lipinski definition) is 7. The molecule has 224 valence electrons. The first-order valence-corrected chi connectivity index (χ1v) is 14.7. The molecule has 8 nitrogen and oxygen atoms in total. The number of ketones is 1. The molecule has 1 aromatic rings. The lowest BCUT2D eigenvalue weighted by Crippen LogP contribution is -2.32. The SMILES string of the molecule is O=C(O)CCC=C=CC[C@H]1C(=O)CC(OC2CCCCO2)[C@@H]1/C=C/C(COc1ccc(F)cc1)OC1CCCCO1. The lowest BCUT2D eigenvalue weighted by molar-refractivity contribution is -0.192. The second-order valence-electron chi connectivity index (χ2n) is 10.7. The van der Waals surface area contributed by atoms with E-state index in [0.717, 1.165) is 38.5 Å². The van der Waals surface area contributed by atoms with Gasteiger partial charge >= 0.3 is 5.97 Å².